The standard InChI is InChI=1S/C20H24N2O4/c1-14-18(10-13-25-14)20(24)26-15(2)19(23)21-16-6-8-17(9-7-16)22-11-4-3-5-12-22/h6-10,13,15H,3-5,11-12H2,1-2H3,(H,21,23)/t15-/m1/s1. The van der Waals surface area contributed by atoms with E-state index in [9.17, 15) is 9.59 Å². The van der Waals surface area contributed by atoms with Crippen LogP contribution in [-0.2, 0) is 9.53 Å². The summed E-state index contributed by atoms with van der Waals surface area (Å²) in [4.78, 5) is 26.7. The number of carbonyl (C=O) groups excluding carboxylic acids is 2. The van der Waals surface area contributed by atoms with Crippen LogP contribution in [0.2, 0.25) is 0 Å². The molecule has 0 unspecified atom stereocenters. The van der Waals surface area contributed by atoms with Gasteiger partial charge in [0.2, 0.25) is 0 Å². The summed E-state index contributed by atoms with van der Waals surface area (Å²) in [7, 11) is 0. The second-order valence-electron chi connectivity index (χ2n) is 6.52. The molecule has 0 saturated carbocycles. The molecule has 6 heteroatoms. The number of rotatable bonds is 5. The maximum Gasteiger partial charge on any atom is 0.342 e. The van der Waals surface area contributed by atoms with Crippen LogP contribution in [0.25, 0.3) is 0 Å². The van der Waals surface area contributed by atoms with Gasteiger partial charge in [-0.1, -0.05) is 0 Å². The average molecular weight is 356 g/mol. The van der Waals surface area contributed by atoms with Gasteiger partial charge in [0.1, 0.15) is 11.3 Å². The number of benzene rings is 1. The van der Waals surface area contributed by atoms with Crippen LogP contribution in [0.3, 0.4) is 0 Å². The highest BCUT2D eigenvalue weighted by Gasteiger charge is 2.21. The molecule has 0 aliphatic carbocycles. The van der Waals surface area contributed by atoms with E-state index in [1.165, 1.54) is 31.6 Å². The third-order valence-electron chi connectivity index (χ3n) is 4.59. The highest BCUT2D eigenvalue weighted by Crippen LogP contribution is 2.22. The van der Waals surface area contributed by atoms with E-state index in [2.05, 4.69) is 10.2 Å². The number of furan rings is 1. The molecule has 3 rings (SSSR count). The summed E-state index contributed by atoms with van der Waals surface area (Å²) < 4.78 is 10.3. The predicted octanol–water partition coefficient (Wildman–Crippen LogP) is 3.76. The molecule has 1 aromatic heterocycles. The van der Waals surface area contributed by atoms with Gasteiger partial charge in [0, 0.05) is 24.5 Å². The third-order valence-corrected chi connectivity index (χ3v) is 4.59. The van der Waals surface area contributed by atoms with Crippen LogP contribution in [0.4, 0.5) is 11.4 Å². The quantitative estimate of drug-likeness (QED) is 0.826. The Bertz CT molecular complexity index is 760. The number of amides is 1. The van der Waals surface area contributed by atoms with Gasteiger partial charge in [-0.25, -0.2) is 4.79 Å². The smallest absolute Gasteiger partial charge is 0.342 e. The van der Waals surface area contributed by atoms with Crippen molar-refractivity contribution in [3.8, 4) is 0 Å². The Morgan fingerprint density at radius 3 is 2.42 bits per heavy atom. The van der Waals surface area contributed by atoms with Crippen LogP contribution in [0, 0.1) is 6.92 Å². The molecular weight excluding hydrogens is 332 g/mol. The first-order valence-corrected chi connectivity index (χ1v) is 8.95. The summed E-state index contributed by atoms with van der Waals surface area (Å²) in [6, 6.07) is 9.29. The molecule has 138 valence electrons. The predicted molar refractivity (Wildman–Crippen MR) is 99.5 cm³/mol. The minimum Gasteiger partial charge on any atom is -0.469 e. The number of piperidine rings is 1. The summed E-state index contributed by atoms with van der Waals surface area (Å²) in [5.74, 6) is -0.472. The summed E-state index contributed by atoms with van der Waals surface area (Å²) in [5, 5.41) is 2.78. The second kappa shape index (κ2) is 8.08. The lowest BCUT2D eigenvalue weighted by atomic mass is 10.1. The number of aryl methyl sites for hydroxylation is 1. The fourth-order valence-corrected chi connectivity index (χ4v) is 3.03. The second-order valence-corrected chi connectivity index (χ2v) is 6.52. The minimum atomic E-state index is -0.904. The van der Waals surface area contributed by atoms with Crippen molar-refractivity contribution in [2.45, 2.75) is 39.2 Å². The molecule has 0 spiro atoms. The zero-order valence-electron chi connectivity index (χ0n) is 15.2. The number of carbonyl (C=O) groups is 2. The molecule has 1 N–H and O–H groups in total. The lowest BCUT2D eigenvalue weighted by Gasteiger charge is -2.28. The van der Waals surface area contributed by atoms with E-state index in [0.717, 1.165) is 18.8 Å². The first-order chi connectivity index (χ1) is 12.5. The van der Waals surface area contributed by atoms with Gasteiger partial charge in [0.15, 0.2) is 6.10 Å². The van der Waals surface area contributed by atoms with Gasteiger partial charge >= 0.3 is 5.97 Å². The van der Waals surface area contributed by atoms with E-state index in [0.29, 0.717) is 17.0 Å². The normalized spacial score (nSPS) is 15.4. The first kappa shape index (κ1) is 18.0. The Labute approximate surface area is 153 Å². The number of ether oxygens (including phenoxy) is 1. The lowest BCUT2D eigenvalue weighted by molar-refractivity contribution is -0.123. The Hall–Kier alpha value is -2.76. The molecule has 0 bridgehead atoms. The maximum absolute atomic E-state index is 12.3. The molecule has 6 nitrogen and oxygen atoms in total. The minimum absolute atomic E-state index is 0.329. The first-order valence-electron chi connectivity index (χ1n) is 8.95. The van der Waals surface area contributed by atoms with E-state index >= 15 is 0 Å². The Morgan fingerprint density at radius 1 is 1.12 bits per heavy atom. The Balaban J connectivity index is 1.55. The molecule has 1 aliphatic rings. The molecular formula is C20H24N2O4. The van der Waals surface area contributed by atoms with Crippen molar-refractivity contribution in [1.29, 1.82) is 0 Å². The van der Waals surface area contributed by atoms with E-state index in [1.54, 1.807) is 13.8 Å². The zero-order chi connectivity index (χ0) is 18.5. The number of anilines is 2. The Morgan fingerprint density at radius 2 is 1.81 bits per heavy atom. The van der Waals surface area contributed by atoms with E-state index < -0.39 is 12.1 Å². The van der Waals surface area contributed by atoms with Crippen molar-refractivity contribution in [1.82, 2.24) is 0 Å². The topological polar surface area (TPSA) is 71.8 Å². The molecule has 2 heterocycles. The van der Waals surface area contributed by atoms with Crippen LogP contribution < -0.4 is 10.2 Å². The van der Waals surface area contributed by atoms with E-state index in [1.807, 2.05) is 24.3 Å². The van der Waals surface area contributed by atoms with Crippen LogP contribution >= 0.6 is 0 Å². The maximum atomic E-state index is 12.3. The fourth-order valence-electron chi connectivity index (χ4n) is 3.03. The third kappa shape index (κ3) is 4.25. The number of hydrogen-bond donors (Lipinski definition) is 1. The van der Waals surface area contributed by atoms with Crippen molar-refractivity contribution < 1.29 is 18.7 Å². The van der Waals surface area contributed by atoms with E-state index in [-0.39, 0.29) is 5.91 Å². The van der Waals surface area contributed by atoms with Crippen molar-refractivity contribution in [3.05, 3.63) is 47.9 Å². The van der Waals surface area contributed by atoms with Gasteiger partial charge < -0.3 is 19.4 Å². The number of nitrogens with zero attached hydrogens (tertiary/aromatic N) is 1. The molecule has 1 saturated heterocycles. The summed E-state index contributed by atoms with van der Waals surface area (Å²) in [6.07, 6.45) is 4.24. The molecule has 1 fully saturated rings. The summed E-state index contributed by atoms with van der Waals surface area (Å²) in [5.41, 5.74) is 2.17. The van der Waals surface area contributed by atoms with E-state index in [4.69, 9.17) is 9.15 Å². The number of esters is 1. The van der Waals surface area contributed by atoms with Crippen molar-refractivity contribution in [2.75, 3.05) is 23.3 Å². The highest BCUT2D eigenvalue weighted by molar-refractivity contribution is 5.97. The zero-order valence-corrected chi connectivity index (χ0v) is 15.2. The van der Waals surface area contributed by atoms with Crippen LogP contribution in [-0.4, -0.2) is 31.1 Å². The van der Waals surface area contributed by atoms with Gasteiger partial charge in [-0.15, -0.1) is 0 Å². The SMILES string of the molecule is Cc1occc1C(=O)O[C@H](C)C(=O)Nc1ccc(N2CCCCC2)cc1. The molecule has 1 aliphatic heterocycles. The van der Waals surface area contributed by atoms with Gasteiger partial charge in [-0.3, -0.25) is 4.79 Å². The number of nitrogens with one attached hydrogen (secondary N) is 1. The van der Waals surface area contributed by atoms with Gasteiger partial charge in [0.25, 0.3) is 5.91 Å². The molecule has 2 aromatic rings. The molecule has 26 heavy (non-hydrogen) atoms. The fraction of sp³-hybridized carbons (Fsp3) is 0.400. The van der Waals surface area contributed by atoms with Gasteiger partial charge in [-0.2, -0.15) is 0 Å². The number of hydrogen-bond acceptors (Lipinski definition) is 5. The van der Waals surface area contributed by atoms with Crippen LogP contribution in [0.1, 0.15) is 42.3 Å². The Kier molecular flexibility index (Phi) is 5.61. The lowest BCUT2D eigenvalue weighted by Crippen LogP contribution is -2.30. The summed E-state index contributed by atoms with van der Waals surface area (Å²) >= 11 is 0. The molecule has 1 amide bonds. The monoisotopic (exact) mass is 356 g/mol. The van der Waals surface area contributed by atoms with Gasteiger partial charge in [0.05, 0.1) is 6.26 Å². The van der Waals surface area contributed by atoms with Crippen molar-refractivity contribution in [2.24, 2.45) is 0 Å². The largest absolute Gasteiger partial charge is 0.469 e. The summed E-state index contributed by atoms with van der Waals surface area (Å²) in [6.45, 7) is 5.37. The van der Waals surface area contributed by atoms with Crippen molar-refractivity contribution in [3.63, 3.8) is 0 Å². The van der Waals surface area contributed by atoms with Crippen molar-refractivity contribution >= 4 is 23.3 Å². The molecule has 0 radical (unpaired) electrons. The average Bonchev–Trinajstić information content (AvgIpc) is 3.09. The molecule has 1 aromatic carbocycles. The van der Waals surface area contributed by atoms with Gasteiger partial charge in [-0.05, 0) is 63.4 Å². The van der Waals surface area contributed by atoms with Crippen LogP contribution in [0.5, 0.6) is 0 Å². The highest BCUT2D eigenvalue weighted by atomic mass is 16.5. The molecule has 1 atom stereocenters. The van der Waals surface area contributed by atoms with Crippen LogP contribution in [0.15, 0.2) is 41.0 Å².